The van der Waals surface area contributed by atoms with Crippen LogP contribution in [0, 0.1) is 0 Å². The molecule has 1 saturated heterocycles. The zero-order chi connectivity index (χ0) is 15.8. The fraction of sp³-hybridized carbons (Fsp3) is 0.562. The minimum atomic E-state index is -1.24. The highest BCUT2D eigenvalue weighted by Gasteiger charge is 2.50. The summed E-state index contributed by atoms with van der Waals surface area (Å²) in [7, 11) is 0. The number of rotatable bonds is 3. The van der Waals surface area contributed by atoms with Crippen LogP contribution in [-0.4, -0.2) is 33.8 Å². The van der Waals surface area contributed by atoms with Crippen molar-refractivity contribution in [3.63, 3.8) is 0 Å². The Morgan fingerprint density at radius 1 is 1.33 bits per heavy atom. The molecular weight excluding hydrogens is 288 g/mol. The molecule has 5 heteroatoms. The van der Waals surface area contributed by atoms with Crippen molar-refractivity contribution in [1.82, 2.24) is 4.90 Å². The van der Waals surface area contributed by atoms with Gasteiger partial charge in [0.15, 0.2) is 0 Å². The molecule has 1 aromatic rings. The number of urea groups is 1. The average Bonchev–Trinajstić information content (AvgIpc) is 2.32. The van der Waals surface area contributed by atoms with Crippen LogP contribution in [0.2, 0.25) is 5.02 Å². The van der Waals surface area contributed by atoms with E-state index in [2.05, 4.69) is 0 Å². The summed E-state index contributed by atoms with van der Waals surface area (Å²) in [6.07, 6.45) is 1.35. The Bertz CT molecular complexity index is 543. The SMILES string of the molecule is CCCN1C(=O)N(c2cccc(Cl)c2)C(C)(O)CC1(C)C. The van der Waals surface area contributed by atoms with Gasteiger partial charge in [0.1, 0.15) is 5.72 Å². The Hall–Kier alpha value is -1.26. The van der Waals surface area contributed by atoms with Crippen molar-refractivity contribution in [2.75, 3.05) is 11.4 Å². The minimum absolute atomic E-state index is 0.180. The maximum atomic E-state index is 12.9. The maximum Gasteiger partial charge on any atom is 0.327 e. The van der Waals surface area contributed by atoms with E-state index in [1.54, 1.807) is 31.2 Å². The molecule has 1 aliphatic rings. The Labute approximate surface area is 131 Å². The Morgan fingerprint density at radius 3 is 2.57 bits per heavy atom. The van der Waals surface area contributed by atoms with Gasteiger partial charge in [-0.05, 0) is 45.4 Å². The van der Waals surface area contributed by atoms with E-state index in [-0.39, 0.29) is 11.6 Å². The van der Waals surface area contributed by atoms with E-state index in [4.69, 9.17) is 11.6 Å². The Kier molecular flexibility index (Phi) is 4.22. The van der Waals surface area contributed by atoms with Gasteiger partial charge in [-0.3, -0.25) is 4.90 Å². The molecule has 116 valence electrons. The van der Waals surface area contributed by atoms with Crippen LogP contribution < -0.4 is 4.90 Å². The maximum absolute atomic E-state index is 12.9. The van der Waals surface area contributed by atoms with Crippen LogP contribution in [0.1, 0.15) is 40.5 Å². The number of benzene rings is 1. The predicted octanol–water partition coefficient (Wildman–Crippen LogP) is 3.87. The highest BCUT2D eigenvalue weighted by Crippen LogP contribution is 2.39. The topological polar surface area (TPSA) is 43.8 Å². The first-order chi connectivity index (χ1) is 9.69. The van der Waals surface area contributed by atoms with Crippen LogP contribution in [0.4, 0.5) is 10.5 Å². The normalized spacial score (nSPS) is 25.3. The number of nitrogens with zero attached hydrogens (tertiary/aromatic N) is 2. The standard InChI is InChI=1S/C16H23ClN2O2/c1-5-9-18-14(20)19(13-8-6-7-12(17)10-13)16(4,21)11-15(18,2)3/h6-8,10,21H,5,9,11H2,1-4H3. The molecular formula is C16H23ClN2O2. The average molecular weight is 311 g/mol. The van der Waals surface area contributed by atoms with Gasteiger partial charge in [-0.2, -0.15) is 0 Å². The first-order valence-corrected chi connectivity index (χ1v) is 7.66. The summed E-state index contributed by atoms with van der Waals surface area (Å²) < 4.78 is 0. The molecule has 1 atom stereocenters. The van der Waals surface area contributed by atoms with Crippen molar-refractivity contribution in [2.24, 2.45) is 0 Å². The van der Waals surface area contributed by atoms with Gasteiger partial charge in [-0.15, -0.1) is 0 Å². The zero-order valence-electron chi connectivity index (χ0n) is 13.1. The summed E-state index contributed by atoms with van der Waals surface area (Å²) in [5.74, 6) is 0. The molecule has 1 aromatic carbocycles. The van der Waals surface area contributed by atoms with Crippen LogP contribution in [-0.2, 0) is 0 Å². The van der Waals surface area contributed by atoms with Crippen molar-refractivity contribution in [3.8, 4) is 0 Å². The number of hydrogen-bond donors (Lipinski definition) is 1. The third kappa shape index (κ3) is 3.01. The minimum Gasteiger partial charge on any atom is -0.371 e. The quantitative estimate of drug-likeness (QED) is 0.921. The molecule has 2 rings (SSSR count). The summed E-state index contributed by atoms with van der Waals surface area (Å²) in [6.45, 7) is 8.37. The molecule has 0 saturated carbocycles. The van der Waals surface area contributed by atoms with Gasteiger partial charge in [0.2, 0.25) is 0 Å². The molecule has 1 heterocycles. The van der Waals surface area contributed by atoms with E-state index in [9.17, 15) is 9.90 Å². The van der Waals surface area contributed by atoms with E-state index in [0.717, 1.165) is 6.42 Å². The van der Waals surface area contributed by atoms with Gasteiger partial charge in [0.05, 0.1) is 0 Å². The fourth-order valence-electron chi connectivity index (χ4n) is 3.21. The van der Waals surface area contributed by atoms with Crippen LogP contribution >= 0.6 is 11.6 Å². The number of carbonyl (C=O) groups is 1. The van der Waals surface area contributed by atoms with E-state index >= 15 is 0 Å². The van der Waals surface area contributed by atoms with Crippen LogP contribution in [0.3, 0.4) is 0 Å². The number of aliphatic hydroxyl groups is 1. The lowest BCUT2D eigenvalue weighted by Gasteiger charge is -2.53. The first-order valence-electron chi connectivity index (χ1n) is 7.29. The molecule has 1 N–H and O–H groups in total. The highest BCUT2D eigenvalue weighted by molar-refractivity contribution is 6.30. The van der Waals surface area contributed by atoms with Crippen molar-refractivity contribution in [2.45, 2.75) is 51.8 Å². The predicted molar refractivity (Wildman–Crippen MR) is 85.6 cm³/mol. The van der Waals surface area contributed by atoms with Crippen molar-refractivity contribution in [1.29, 1.82) is 0 Å². The van der Waals surface area contributed by atoms with E-state index in [1.165, 1.54) is 4.90 Å². The molecule has 2 amide bonds. The molecule has 1 fully saturated rings. The van der Waals surface area contributed by atoms with E-state index < -0.39 is 5.72 Å². The summed E-state index contributed by atoms with van der Waals surface area (Å²) in [4.78, 5) is 16.2. The molecule has 1 aliphatic heterocycles. The second-order valence-corrected chi connectivity index (χ2v) is 6.89. The summed E-state index contributed by atoms with van der Waals surface area (Å²) in [5, 5.41) is 11.4. The third-order valence-corrected chi connectivity index (χ3v) is 4.15. The van der Waals surface area contributed by atoms with Crippen molar-refractivity contribution in [3.05, 3.63) is 29.3 Å². The smallest absolute Gasteiger partial charge is 0.327 e. The molecule has 21 heavy (non-hydrogen) atoms. The second-order valence-electron chi connectivity index (χ2n) is 6.46. The number of carbonyl (C=O) groups excluding carboxylic acids is 1. The van der Waals surface area contributed by atoms with Gasteiger partial charge in [0.25, 0.3) is 0 Å². The molecule has 1 unspecified atom stereocenters. The molecule has 0 aliphatic carbocycles. The van der Waals surface area contributed by atoms with E-state index in [1.807, 2.05) is 25.7 Å². The number of amides is 2. The van der Waals surface area contributed by atoms with Gasteiger partial charge in [-0.1, -0.05) is 24.6 Å². The molecule has 4 nitrogen and oxygen atoms in total. The molecule has 0 aromatic heterocycles. The lowest BCUT2D eigenvalue weighted by Crippen LogP contribution is -2.68. The second kappa shape index (κ2) is 5.50. The van der Waals surface area contributed by atoms with Gasteiger partial charge in [0, 0.05) is 29.2 Å². The van der Waals surface area contributed by atoms with E-state index in [0.29, 0.717) is 23.7 Å². The monoisotopic (exact) mass is 310 g/mol. The molecule has 0 spiro atoms. The third-order valence-electron chi connectivity index (χ3n) is 3.92. The lowest BCUT2D eigenvalue weighted by molar-refractivity contribution is -0.0252. The van der Waals surface area contributed by atoms with Crippen molar-refractivity contribution >= 4 is 23.3 Å². The van der Waals surface area contributed by atoms with Crippen molar-refractivity contribution < 1.29 is 9.90 Å². The van der Waals surface area contributed by atoms with Crippen LogP contribution in [0.5, 0.6) is 0 Å². The summed E-state index contributed by atoms with van der Waals surface area (Å²) in [6, 6.07) is 6.85. The lowest BCUT2D eigenvalue weighted by atomic mass is 9.87. The summed E-state index contributed by atoms with van der Waals surface area (Å²) >= 11 is 6.03. The zero-order valence-corrected chi connectivity index (χ0v) is 13.8. The largest absolute Gasteiger partial charge is 0.371 e. The molecule has 0 radical (unpaired) electrons. The number of halogens is 1. The first kappa shape index (κ1) is 16.1. The van der Waals surface area contributed by atoms with Gasteiger partial charge in [-0.25, -0.2) is 4.79 Å². The molecule has 0 bridgehead atoms. The fourth-order valence-corrected chi connectivity index (χ4v) is 3.39. The van der Waals surface area contributed by atoms with Gasteiger partial charge < -0.3 is 10.0 Å². The van der Waals surface area contributed by atoms with Gasteiger partial charge >= 0.3 is 6.03 Å². The van der Waals surface area contributed by atoms with Crippen LogP contribution in [0.15, 0.2) is 24.3 Å². The Morgan fingerprint density at radius 2 is 2.00 bits per heavy atom. The van der Waals surface area contributed by atoms with Crippen LogP contribution in [0.25, 0.3) is 0 Å². The Balaban J connectivity index is 2.46. The summed E-state index contributed by atoms with van der Waals surface area (Å²) in [5.41, 5.74) is -1.00. The number of anilines is 1. The highest BCUT2D eigenvalue weighted by atomic mass is 35.5. The number of hydrogen-bond acceptors (Lipinski definition) is 2.